The molecule has 31 heavy (non-hydrogen) atoms. The third kappa shape index (κ3) is 4.06. The molecular formula is C22H19N5O2S2. The predicted molar refractivity (Wildman–Crippen MR) is 122 cm³/mol. The van der Waals surface area contributed by atoms with Crippen LogP contribution in [0.4, 0.5) is 5.69 Å². The maximum Gasteiger partial charge on any atom is 0.227 e. The Hall–Kier alpha value is -3.17. The van der Waals surface area contributed by atoms with Gasteiger partial charge in [0.2, 0.25) is 11.8 Å². The molecule has 9 heteroatoms. The maximum atomic E-state index is 12.7. The van der Waals surface area contributed by atoms with E-state index in [-0.39, 0.29) is 24.2 Å². The van der Waals surface area contributed by atoms with E-state index in [0.717, 1.165) is 37.2 Å². The van der Waals surface area contributed by atoms with Crippen LogP contribution in [0.1, 0.15) is 17.1 Å². The fraction of sp³-hybridized carbons (Fsp3) is 0.227. The minimum atomic E-state index is -0.378. The van der Waals surface area contributed by atoms with Crippen molar-refractivity contribution in [2.75, 3.05) is 11.4 Å². The number of rotatable bonds is 5. The lowest BCUT2D eigenvalue weighted by Gasteiger charge is -2.16. The summed E-state index contributed by atoms with van der Waals surface area (Å²) in [5.74, 6) is -0.548. The molecule has 0 radical (unpaired) electrons. The van der Waals surface area contributed by atoms with Crippen LogP contribution in [0.2, 0.25) is 0 Å². The monoisotopic (exact) mass is 449 g/mol. The first kappa shape index (κ1) is 19.8. The number of anilines is 1. The van der Waals surface area contributed by atoms with E-state index in [0.29, 0.717) is 13.1 Å². The number of aromatic nitrogens is 3. The minimum Gasteiger partial charge on any atom is -0.350 e. The summed E-state index contributed by atoms with van der Waals surface area (Å²) in [5, 5.41) is 6.72. The summed E-state index contributed by atoms with van der Waals surface area (Å²) in [6.45, 7) is 2.68. The zero-order valence-electron chi connectivity index (χ0n) is 16.7. The second-order valence-corrected chi connectivity index (χ2v) is 9.49. The predicted octanol–water partition coefficient (Wildman–Crippen LogP) is 3.79. The van der Waals surface area contributed by atoms with Gasteiger partial charge >= 0.3 is 0 Å². The lowest BCUT2D eigenvalue weighted by Crippen LogP contribution is -2.32. The average molecular weight is 450 g/mol. The Bertz CT molecular complexity index is 1270. The van der Waals surface area contributed by atoms with E-state index in [1.807, 2.05) is 42.6 Å². The van der Waals surface area contributed by atoms with Gasteiger partial charge in [0.15, 0.2) is 0 Å². The summed E-state index contributed by atoms with van der Waals surface area (Å²) in [5.41, 5.74) is 3.42. The number of amides is 2. The molecule has 1 aliphatic heterocycles. The molecule has 7 nitrogen and oxygen atoms in total. The van der Waals surface area contributed by atoms with Crippen molar-refractivity contribution in [3.8, 4) is 10.6 Å². The number of aryl methyl sites for hydroxylation is 1. The molecule has 1 saturated heterocycles. The SMILES string of the molecule is Cc1nc2cc(N3CC(C(=O)NCc4csc(-c5cccnc5)n4)CC3=O)ccc2s1. The number of nitrogens with zero attached hydrogens (tertiary/aromatic N) is 4. The standard InChI is InChI=1S/C22H19N5O2S2/c1-13-25-18-8-17(4-5-19(18)31-13)27-11-15(7-20(27)28)21(29)24-10-16-12-30-22(26-16)14-3-2-6-23-9-14/h2-6,8-9,12,15H,7,10-11H2,1H3,(H,24,29). The number of thiazole rings is 2. The molecular weight excluding hydrogens is 430 g/mol. The lowest BCUT2D eigenvalue weighted by atomic mass is 10.1. The van der Waals surface area contributed by atoms with Crippen LogP contribution >= 0.6 is 22.7 Å². The molecule has 0 saturated carbocycles. The highest BCUT2D eigenvalue weighted by Crippen LogP contribution is 2.30. The Labute approximate surface area is 186 Å². The molecule has 1 N–H and O–H groups in total. The third-order valence-electron chi connectivity index (χ3n) is 5.19. The highest BCUT2D eigenvalue weighted by atomic mass is 32.1. The molecule has 2 amide bonds. The Morgan fingerprint density at radius 1 is 1.29 bits per heavy atom. The zero-order chi connectivity index (χ0) is 21.4. The van der Waals surface area contributed by atoms with Gasteiger partial charge < -0.3 is 10.2 Å². The molecule has 5 rings (SSSR count). The summed E-state index contributed by atoms with van der Waals surface area (Å²) >= 11 is 3.14. The van der Waals surface area contributed by atoms with Gasteiger partial charge in [-0.3, -0.25) is 14.6 Å². The number of fused-ring (bicyclic) bond motifs is 1. The summed E-state index contributed by atoms with van der Waals surface area (Å²) in [6.07, 6.45) is 3.70. The molecule has 156 valence electrons. The van der Waals surface area contributed by atoms with Crippen molar-refractivity contribution in [1.29, 1.82) is 0 Å². The smallest absolute Gasteiger partial charge is 0.227 e. The zero-order valence-corrected chi connectivity index (χ0v) is 18.4. The van der Waals surface area contributed by atoms with E-state index in [1.54, 1.807) is 28.6 Å². The summed E-state index contributed by atoms with van der Waals surface area (Å²) < 4.78 is 1.09. The lowest BCUT2D eigenvalue weighted by molar-refractivity contribution is -0.126. The van der Waals surface area contributed by atoms with Crippen LogP contribution in [0, 0.1) is 12.8 Å². The Morgan fingerprint density at radius 3 is 3.03 bits per heavy atom. The minimum absolute atomic E-state index is 0.0426. The van der Waals surface area contributed by atoms with Crippen LogP contribution in [0.3, 0.4) is 0 Å². The van der Waals surface area contributed by atoms with Crippen molar-refractivity contribution in [2.24, 2.45) is 5.92 Å². The van der Waals surface area contributed by atoms with Crippen LogP contribution in [-0.4, -0.2) is 33.3 Å². The van der Waals surface area contributed by atoms with Crippen molar-refractivity contribution in [2.45, 2.75) is 19.9 Å². The van der Waals surface area contributed by atoms with Crippen LogP contribution in [-0.2, 0) is 16.1 Å². The molecule has 4 heterocycles. The van der Waals surface area contributed by atoms with Gasteiger partial charge in [0, 0.05) is 42.0 Å². The topological polar surface area (TPSA) is 88.1 Å². The van der Waals surface area contributed by atoms with Crippen molar-refractivity contribution in [3.63, 3.8) is 0 Å². The summed E-state index contributed by atoms with van der Waals surface area (Å²) in [7, 11) is 0. The van der Waals surface area contributed by atoms with Gasteiger partial charge in [-0.2, -0.15) is 0 Å². The van der Waals surface area contributed by atoms with Crippen LogP contribution in [0.5, 0.6) is 0 Å². The molecule has 0 aliphatic carbocycles. The Balaban J connectivity index is 1.22. The van der Waals surface area contributed by atoms with E-state index in [9.17, 15) is 9.59 Å². The molecule has 1 unspecified atom stereocenters. The second-order valence-electron chi connectivity index (χ2n) is 7.39. The van der Waals surface area contributed by atoms with E-state index in [4.69, 9.17) is 0 Å². The normalized spacial score (nSPS) is 16.2. The number of carbonyl (C=O) groups is 2. The van der Waals surface area contributed by atoms with Crippen LogP contribution in [0.25, 0.3) is 20.8 Å². The Kier molecular flexibility index (Phi) is 5.21. The number of hydrogen-bond acceptors (Lipinski definition) is 7. The molecule has 1 aliphatic rings. The number of pyridine rings is 1. The number of carbonyl (C=O) groups excluding carboxylic acids is 2. The van der Waals surface area contributed by atoms with Crippen LogP contribution < -0.4 is 10.2 Å². The van der Waals surface area contributed by atoms with Gasteiger partial charge in [-0.25, -0.2) is 9.97 Å². The Morgan fingerprint density at radius 2 is 2.19 bits per heavy atom. The quantitative estimate of drug-likeness (QED) is 0.501. The molecule has 1 aromatic carbocycles. The number of hydrogen-bond donors (Lipinski definition) is 1. The first-order valence-electron chi connectivity index (χ1n) is 9.87. The molecule has 3 aromatic heterocycles. The van der Waals surface area contributed by atoms with Gasteiger partial charge in [-0.1, -0.05) is 0 Å². The van der Waals surface area contributed by atoms with E-state index >= 15 is 0 Å². The highest BCUT2D eigenvalue weighted by Gasteiger charge is 2.35. The van der Waals surface area contributed by atoms with Gasteiger partial charge in [-0.05, 0) is 37.3 Å². The molecule has 0 bridgehead atoms. The molecule has 4 aromatic rings. The highest BCUT2D eigenvalue weighted by molar-refractivity contribution is 7.18. The first-order chi connectivity index (χ1) is 15.1. The van der Waals surface area contributed by atoms with E-state index in [1.165, 1.54) is 11.3 Å². The fourth-order valence-corrected chi connectivity index (χ4v) is 5.28. The molecule has 1 atom stereocenters. The fourth-order valence-electron chi connectivity index (χ4n) is 3.66. The maximum absolute atomic E-state index is 12.7. The largest absolute Gasteiger partial charge is 0.350 e. The molecule has 1 fully saturated rings. The average Bonchev–Trinajstić information content (AvgIpc) is 3.49. The van der Waals surface area contributed by atoms with Crippen molar-refractivity contribution < 1.29 is 9.59 Å². The van der Waals surface area contributed by atoms with Crippen molar-refractivity contribution in [3.05, 3.63) is 58.8 Å². The number of nitrogens with one attached hydrogen (secondary N) is 1. The summed E-state index contributed by atoms with van der Waals surface area (Å²) in [6, 6.07) is 9.66. The van der Waals surface area contributed by atoms with Gasteiger partial charge in [0.25, 0.3) is 0 Å². The van der Waals surface area contributed by atoms with Gasteiger partial charge in [0.05, 0.1) is 33.4 Å². The first-order valence-corrected chi connectivity index (χ1v) is 11.6. The van der Waals surface area contributed by atoms with Crippen molar-refractivity contribution in [1.82, 2.24) is 20.3 Å². The van der Waals surface area contributed by atoms with E-state index in [2.05, 4.69) is 20.3 Å². The third-order valence-corrected chi connectivity index (χ3v) is 7.08. The molecule has 0 spiro atoms. The van der Waals surface area contributed by atoms with E-state index < -0.39 is 0 Å². The second kappa shape index (κ2) is 8.16. The van der Waals surface area contributed by atoms with Gasteiger partial charge in [0.1, 0.15) is 5.01 Å². The number of benzene rings is 1. The summed E-state index contributed by atoms with van der Waals surface area (Å²) in [4.78, 5) is 40.1. The van der Waals surface area contributed by atoms with Crippen LogP contribution in [0.15, 0.2) is 48.1 Å². The van der Waals surface area contributed by atoms with Crippen molar-refractivity contribution >= 4 is 50.4 Å². The van der Waals surface area contributed by atoms with Gasteiger partial charge in [-0.15, -0.1) is 22.7 Å².